The molecule has 2 amide bonds. The van der Waals surface area contributed by atoms with Crippen molar-refractivity contribution in [1.29, 1.82) is 0 Å². The van der Waals surface area contributed by atoms with E-state index in [1.807, 2.05) is 32.0 Å². The summed E-state index contributed by atoms with van der Waals surface area (Å²) >= 11 is 5.97. The molecule has 2 rings (SSSR count). The first-order valence-electron chi connectivity index (χ1n) is 6.92. The molecule has 20 heavy (non-hydrogen) atoms. The van der Waals surface area contributed by atoms with Crippen LogP contribution in [0.25, 0.3) is 0 Å². The van der Waals surface area contributed by atoms with Crippen molar-refractivity contribution in [3.05, 3.63) is 34.9 Å². The molecule has 0 spiro atoms. The van der Waals surface area contributed by atoms with Gasteiger partial charge in [-0.3, -0.25) is 9.59 Å². The zero-order valence-electron chi connectivity index (χ0n) is 11.7. The second kappa shape index (κ2) is 6.27. The lowest BCUT2D eigenvalue weighted by molar-refractivity contribution is -0.150. The molecule has 0 aromatic heterocycles. The van der Waals surface area contributed by atoms with E-state index < -0.39 is 12.1 Å². The fraction of sp³-hybridized carbons (Fsp3) is 0.467. The van der Waals surface area contributed by atoms with Crippen LogP contribution in [0.4, 0.5) is 0 Å². The SMILES string of the molecule is CCC1NC(=O)C(CC)N(Cc2cccc(Cl)c2)C1=O. The Morgan fingerprint density at radius 1 is 1.25 bits per heavy atom. The maximum Gasteiger partial charge on any atom is 0.246 e. The first kappa shape index (κ1) is 14.9. The average molecular weight is 295 g/mol. The maximum atomic E-state index is 12.4. The number of piperazine rings is 1. The Hall–Kier alpha value is -1.55. The normalized spacial score (nSPS) is 22.9. The molecule has 0 radical (unpaired) electrons. The van der Waals surface area contributed by atoms with Crippen LogP contribution in [0.3, 0.4) is 0 Å². The molecule has 2 atom stereocenters. The molecule has 1 aliphatic heterocycles. The van der Waals surface area contributed by atoms with Crippen LogP contribution in [0.1, 0.15) is 32.3 Å². The molecule has 0 bridgehead atoms. The Labute approximate surface area is 124 Å². The van der Waals surface area contributed by atoms with Crippen molar-refractivity contribution in [2.24, 2.45) is 0 Å². The number of carbonyl (C=O) groups excluding carboxylic acids is 2. The van der Waals surface area contributed by atoms with Gasteiger partial charge in [0, 0.05) is 11.6 Å². The lowest BCUT2D eigenvalue weighted by Gasteiger charge is -2.38. The van der Waals surface area contributed by atoms with Crippen LogP contribution in [0.2, 0.25) is 5.02 Å². The van der Waals surface area contributed by atoms with E-state index in [4.69, 9.17) is 11.6 Å². The fourth-order valence-corrected chi connectivity index (χ4v) is 2.74. The van der Waals surface area contributed by atoms with Gasteiger partial charge < -0.3 is 10.2 Å². The Balaban J connectivity index is 2.24. The van der Waals surface area contributed by atoms with Gasteiger partial charge in [0.15, 0.2) is 0 Å². The summed E-state index contributed by atoms with van der Waals surface area (Å²) in [6, 6.07) is 6.58. The molecular weight excluding hydrogens is 276 g/mol. The fourth-order valence-electron chi connectivity index (χ4n) is 2.53. The van der Waals surface area contributed by atoms with Gasteiger partial charge >= 0.3 is 0 Å². The first-order valence-corrected chi connectivity index (χ1v) is 7.29. The van der Waals surface area contributed by atoms with Gasteiger partial charge in [0.25, 0.3) is 0 Å². The minimum Gasteiger partial charge on any atom is -0.343 e. The Morgan fingerprint density at radius 3 is 2.60 bits per heavy atom. The average Bonchev–Trinajstić information content (AvgIpc) is 2.43. The van der Waals surface area contributed by atoms with Crippen LogP contribution in [0.5, 0.6) is 0 Å². The second-order valence-electron chi connectivity index (χ2n) is 4.99. The summed E-state index contributed by atoms with van der Waals surface area (Å²) in [5.74, 6) is -0.0834. The van der Waals surface area contributed by atoms with E-state index in [9.17, 15) is 9.59 Å². The summed E-state index contributed by atoms with van der Waals surface area (Å²) in [5.41, 5.74) is 0.939. The molecule has 1 saturated heterocycles. The molecule has 1 heterocycles. The summed E-state index contributed by atoms with van der Waals surface area (Å²) in [7, 11) is 0. The van der Waals surface area contributed by atoms with Gasteiger partial charge in [-0.2, -0.15) is 0 Å². The molecule has 1 aliphatic rings. The summed E-state index contributed by atoms with van der Waals surface area (Å²) in [4.78, 5) is 26.2. The molecule has 1 N–H and O–H groups in total. The number of carbonyl (C=O) groups is 2. The smallest absolute Gasteiger partial charge is 0.246 e. The third kappa shape index (κ3) is 2.96. The molecule has 4 nitrogen and oxygen atoms in total. The highest BCUT2D eigenvalue weighted by Crippen LogP contribution is 2.20. The van der Waals surface area contributed by atoms with Gasteiger partial charge in [0.05, 0.1) is 0 Å². The van der Waals surface area contributed by atoms with Gasteiger partial charge in [-0.25, -0.2) is 0 Å². The molecule has 108 valence electrons. The Morgan fingerprint density at radius 2 is 2.00 bits per heavy atom. The van der Waals surface area contributed by atoms with Crippen molar-refractivity contribution in [3.8, 4) is 0 Å². The number of hydrogen-bond acceptors (Lipinski definition) is 2. The van der Waals surface area contributed by atoms with E-state index in [1.165, 1.54) is 0 Å². The number of nitrogens with zero attached hydrogens (tertiary/aromatic N) is 1. The van der Waals surface area contributed by atoms with E-state index >= 15 is 0 Å². The molecular formula is C15H19ClN2O2. The quantitative estimate of drug-likeness (QED) is 0.927. The molecule has 1 fully saturated rings. The van der Waals surface area contributed by atoms with Gasteiger partial charge in [0.1, 0.15) is 12.1 Å². The predicted octanol–water partition coefficient (Wildman–Crippen LogP) is 2.36. The maximum absolute atomic E-state index is 12.4. The van der Waals surface area contributed by atoms with Crippen molar-refractivity contribution < 1.29 is 9.59 Å². The number of nitrogens with one attached hydrogen (secondary N) is 1. The minimum absolute atomic E-state index is 0.0149. The highest BCUT2D eigenvalue weighted by atomic mass is 35.5. The van der Waals surface area contributed by atoms with Crippen molar-refractivity contribution in [2.75, 3.05) is 0 Å². The lowest BCUT2D eigenvalue weighted by atomic mass is 10.0. The molecule has 5 heteroatoms. The van der Waals surface area contributed by atoms with Gasteiger partial charge in [0.2, 0.25) is 11.8 Å². The highest BCUT2D eigenvalue weighted by Gasteiger charge is 2.38. The van der Waals surface area contributed by atoms with Crippen LogP contribution in [-0.2, 0) is 16.1 Å². The van der Waals surface area contributed by atoms with Gasteiger partial charge in [-0.15, -0.1) is 0 Å². The molecule has 1 aromatic carbocycles. The number of amides is 2. The highest BCUT2D eigenvalue weighted by molar-refractivity contribution is 6.30. The van der Waals surface area contributed by atoms with Crippen LogP contribution in [-0.4, -0.2) is 28.8 Å². The van der Waals surface area contributed by atoms with E-state index in [0.717, 1.165) is 5.56 Å². The van der Waals surface area contributed by atoms with E-state index in [2.05, 4.69) is 5.32 Å². The van der Waals surface area contributed by atoms with E-state index in [0.29, 0.717) is 24.4 Å². The summed E-state index contributed by atoms with van der Waals surface area (Å²) in [6.07, 6.45) is 1.21. The van der Waals surface area contributed by atoms with E-state index in [-0.39, 0.29) is 11.8 Å². The van der Waals surface area contributed by atoms with Crippen molar-refractivity contribution in [1.82, 2.24) is 10.2 Å². The Kier molecular flexibility index (Phi) is 4.65. The standard InChI is InChI=1S/C15H19ClN2O2/c1-3-12-15(20)18(13(4-2)14(19)17-12)9-10-6-5-7-11(16)8-10/h5-8,12-13H,3-4,9H2,1-2H3,(H,17,19). The second-order valence-corrected chi connectivity index (χ2v) is 5.43. The zero-order valence-corrected chi connectivity index (χ0v) is 12.5. The van der Waals surface area contributed by atoms with Crippen LogP contribution >= 0.6 is 11.6 Å². The minimum atomic E-state index is -0.413. The van der Waals surface area contributed by atoms with Crippen LogP contribution < -0.4 is 5.32 Å². The number of hydrogen-bond donors (Lipinski definition) is 1. The van der Waals surface area contributed by atoms with E-state index in [1.54, 1.807) is 11.0 Å². The van der Waals surface area contributed by atoms with Crippen LogP contribution in [0, 0.1) is 0 Å². The zero-order chi connectivity index (χ0) is 14.7. The van der Waals surface area contributed by atoms with Crippen molar-refractivity contribution in [3.63, 3.8) is 0 Å². The monoisotopic (exact) mass is 294 g/mol. The third-order valence-electron chi connectivity index (χ3n) is 3.61. The molecule has 0 saturated carbocycles. The largest absolute Gasteiger partial charge is 0.343 e. The molecule has 0 aliphatic carbocycles. The summed E-state index contributed by atoms with van der Waals surface area (Å²) in [6.45, 7) is 4.23. The lowest BCUT2D eigenvalue weighted by Crippen LogP contribution is -2.62. The summed E-state index contributed by atoms with van der Waals surface area (Å²) < 4.78 is 0. The number of benzene rings is 1. The topological polar surface area (TPSA) is 49.4 Å². The van der Waals surface area contributed by atoms with Crippen molar-refractivity contribution >= 4 is 23.4 Å². The van der Waals surface area contributed by atoms with Gasteiger partial charge in [-0.1, -0.05) is 37.6 Å². The first-order chi connectivity index (χ1) is 9.56. The molecule has 1 aromatic rings. The van der Waals surface area contributed by atoms with Crippen LogP contribution in [0.15, 0.2) is 24.3 Å². The number of halogens is 1. The predicted molar refractivity (Wildman–Crippen MR) is 78.3 cm³/mol. The third-order valence-corrected chi connectivity index (χ3v) is 3.85. The van der Waals surface area contributed by atoms with Crippen molar-refractivity contribution in [2.45, 2.75) is 45.3 Å². The molecule has 2 unspecified atom stereocenters. The number of rotatable bonds is 4. The summed E-state index contributed by atoms with van der Waals surface area (Å²) in [5, 5.41) is 3.42. The van der Waals surface area contributed by atoms with Gasteiger partial charge in [-0.05, 0) is 30.5 Å². The Bertz CT molecular complexity index is 518.